The van der Waals surface area contributed by atoms with Crippen molar-refractivity contribution in [1.82, 2.24) is 0 Å². The van der Waals surface area contributed by atoms with Crippen LogP contribution in [0.1, 0.15) is 0 Å². The van der Waals surface area contributed by atoms with Gasteiger partial charge in [-0.3, -0.25) is 0 Å². The summed E-state index contributed by atoms with van der Waals surface area (Å²) in [5.41, 5.74) is 1.46. The fraction of sp³-hybridized carbons (Fsp3) is 0.833. The summed E-state index contributed by atoms with van der Waals surface area (Å²) in [5, 5.41) is 0. The Bertz CT molecular complexity index is 65.9. The molecule has 0 bridgehead atoms. The standard InChI is InChI=1S/C6H16Si2.Y/c1-7(2)6-8(3,4)5;/h1,6H2,2-5H3;/q-1;. The molecule has 0 aromatic rings. The minimum atomic E-state index is -0.738. The van der Waals surface area contributed by atoms with Crippen LogP contribution >= 0.6 is 0 Å². The molecule has 0 aliphatic carbocycles. The van der Waals surface area contributed by atoms with Gasteiger partial charge in [-0.05, 0) is 0 Å². The molecule has 0 heterocycles. The Morgan fingerprint density at radius 2 is 1.67 bits per heavy atom. The Kier molecular flexibility index (Phi) is 7.63. The average molecular weight is 233 g/mol. The second-order valence-corrected chi connectivity index (χ2v) is 12.1. The topological polar surface area (TPSA) is 0 Å². The van der Waals surface area contributed by atoms with Gasteiger partial charge in [-0.15, -0.1) is 8.80 Å². The molecule has 0 unspecified atom stereocenters. The van der Waals surface area contributed by atoms with Gasteiger partial charge in [-0.2, -0.15) is 0 Å². The molecule has 0 saturated heterocycles. The SMILES string of the molecule is [CH2-][Si](C)C[Si](C)(C)C.[Y]. The average Bonchev–Trinajstić information content (AvgIpc) is 1.21. The fourth-order valence-electron chi connectivity index (χ4n) is 0.905. The molecule has 0 amide bonds. The zero-order valence-corrected chi connectivity index (χ0v) is 11.8. The van der Waals surface area contributed by atoms with Crippen LogP contribution in [0.25, 0.3) is 0 Å². The van der Waals surface area contributed by atoms with Crippen molar-refractivity contribution in [2.75, 3.05) is 0 Å². The van der Waals surface area contributed by atoms with E-state index in [9.17, 15) is 0 Å². The quantitative estimate of drug-likeness (QED) is 0.507. The van der Waals surface area contributed by atoms with Crippen LogP contribution in [-0.4, -0.2) is 16.9 Å². The number of rotatable bonds is 2. The van der Waals surface area contributed by atoms with Crippen molar-refractivity contribution in [3.05, 3.63) is 6.55 Å². The Labute approximate surface area is 87.3 Å². The van der Waals surface area contributed by atoms with Gasteiger partial charge in [0.2, 0.25) is 0 Å². The van der Waals surface area contributed by atoms with Gasteiger partial charge in [-0.25, -0.2) is 0 Å². The van der Waals surface area contributed by atoms with E-state index in [0.717, 1.165) is 0 Å². The van der Waals surface area contributed by atoms with E-state index in [-0.39, 0.29) is 41.5 Å². The van der Waals surface area contributed by atoms with Gasteiger partial charge in [0.15, 0.2) is 0 Å². The van der Waals surface area contributed by atoms with Crippen LogP contribution in [0.15, 0.2) is 0 Å². The molecule has 52 valence electrons. The van der Waals surface area contributed by atoms with E-state index in [4.69, 9.17) is 0 Å². The van der Waals surface area contributed by atoms with Crippen molar-refractivity contribution in [2.24, 2.45) is 0 Å². The molecule has 0 aliphatic rings. The van der Waals surface area contributed by atoms with E-state index in [1.807, 2.05) is 0 Å². The second kappa shape index (κ2) is 5.22. The van der Waals surface area contributed by atoms with Crippen molar-refractivity contribution in [1.29, 1.82) is 0 Å². The van der Waals surface area contributed by atoms with E-state index in [1.165, 1.54) is 5.67 Å². The van der Waals surface area contributed by atoms with Crippen molar-refractivity contribution in [3.8, 4) is 0 Å². The van der Waals surface area contributed by atoms with Crippen LogP contribution in [0.4, 0.5) is 0 Å². The molecule has 0 nitrogen and oxygen atoms in total. The maximum Gasteiger partial charge on any atom is 0.0390 e. The van der Waals surface area contributed by atoms with E-state index >= 15 is 0 Å². The van der Waals surface area contributed by atoms with Crippen molar-refractivity contribution in [2.45, 2.75) is 31.9 Å². The normalized spacial score (nSPS) is 11.3. The molecule has 3 heteroatoms. The maximum atomic E-state index is 4.06. The first-order valence-corrected chi connectivity index (χ1v) is 9.18. The smallest absolute Gasteiger partial charge is 0.0390 e. The van der Waals surface area contributed by atoms with Crippen molar-refractivity contribution < 1.29 is 32.7 Å². The van der Waals surface area contributed by atoms with Gasteiger partial charge in [0.25, 0.3) is 0 Å². The first kappa shape index (κ1) is 13.2. The van der Waals surface area contributed by atoms with Gasteiger partial charge in [0, 0.05) is 40.8 Å². The summed E-state index contributed by atoms with van der Waals surface area (Å²) in [6.45, 7) is 13.6. The Balaban J connectivity index is 0. The first-order chi connectivity index (χ1) is 3.42. The van der Waals surface area contributed by atoms with Gasteiger partial charge in [-0.1, -0.05) is 31.9 Å². The summed E-state index contributed by atoms with van der Waals surface area (Å²) in [7, 11) is -0.918. The zero-order valence-electron chi connectivity index (χ0n) is 6.99. The zero-order chi connectivity index (χ0) is 6.78. The van der Waals surface area contributed by atoms with Crippen molar-refractivity contribution in [3.63, 3.8) is 0 Å². The van der Waals surface area contributed by atoms with Gasteiger partial charge in [0.1, 0.15) is 0 Å². The maximum absolute atomic E-state index is 4.06. The van der Waals surface area contributed by atoms with Crippen LogP contribution in [0, 0.1) is 6.55 Å². The van der Waals surface area contributed by atoms with Gasteiger partial charge >= 0.3 is 0 Å². The van der Waals surface area contributed by atoms with Crippen LogP contribution in [-0.2, 0) is 32.7 Å². The molecule has 2 radical (unpaired) electrons. The third-order valence-electron chi connectivity index (χ3n) is 0.832. The largest absolute Gasteiger partial charge is 0.346 e. The Hall–Kier alpha value is 1.54. The molecule has 0 N–H and O–H groups in total. The molecular formula is C6H16Si2Y-. The van der Waals surface area contributed by atoms with Crippen molar-refractivity contribution >= 4 is 16.9 Å². The first-order valence-electron chi connectivity index (χ1n) is 3.06. The van der Waals surface area contributed by atoms with E-state index in [0.29, 0.717) is 0 Å². The number of hydrogen-bond acceptors (Lipinski definition) is 0. The van der Waals surface area contributed by atoms with Crippen LogP contribution in [0.3, 0.4) is 0 Å². The summed E-state index contributed by atoms with van der Waals surface area (Å²) >= 11 is 0. The molecule has 0 aromatic heterocycles. The molecule has 0 fully saturated rings. The van der Waals surface area contributed by atoms with Crippen LogP contribution in [0.2, 0.25) is 31.9 Å². The van der Waals surface area contributed by atoms with Gasteiger partial charge in [0.05, 0.1) is 0 Å². The predicted octanol–water partition coefficient (Wildman–Crippen LogP) is 2.36. The molecular weight excluding hydrogens is 217 g/mol. The minimum Gasteiger partial charge on any atom is -0.346 e. The second-order valence-electron chi connectivity index (χ2n) is 3.69. The molecule has 0 atom stereocenters. The Morgan fingerprint density at radius 3 is 1.67 bits per heavy atom. The third-order valence-corrected chi connectivity index (χ3v) is 7.49. The molecule has 0 rings (SSSR count). The summed E-state index contributed by atoms with van der Waals surface area (Å²) < 4.78 is 0. The van der Waals surface area contributed by atoms with Crippen LogP contribution < -0.4 is 0 Å². The summed E-state index contributed by atoms with van der Waals surface area (Å²) in [5.74, 6) is 0. The predicted molar refractivity (Wildman–Crippen MR) is 45.1 cm³/mol. The summed E-state index contributed by atoms with van der Waals surface area (Å²) in [6.07, 6.45) is 0. The fourth-order valence-corrected chi connectivity index (χ4v) is 8.15. The minimum absolute atomic E-state index is 0. The van der Waals surface area contributed by atoms with E-state index in [1.54, 1.807) is 0 Å². The molecule has 0 aromatic carbocycles. The number of hydrogen-bond donors (Lipinski definition) is 0. The Morgan fingerprint density at radius 1 is 1.33 bits per heavy atom. The molecule has 0 aliphatic heterocycles. The van der Waals surface area contributed by atoms with Crippen LogP contribution in [0.5, 0.6) is 0 Å². The van der Waals surface area contributed by atoms with Gasteiger partial charge < -0.3 is 6.55 Å². The van der Waals surface area contributed by atoms with E-state index in [2.05, 4.69) is 32.7 Å². The monoisotopic (exact) mass is 233 g/mol. The molecule has 9 heavy (non-hydrogen) atoms. The van der Waals surface area contributed by atoms with E-state index < -0.39 is 8.07 Å². The summed E-state index contributed by atoms with van der Waals surface area (Å²) in [6, 6.07) is 0. The summed E-state index contributed by atoms with van der Waals surface area (Å²) in [4.78, 5) is 0. The molecule has 0 saturated carbocycles. The third kappa shape index (κ3) is 12.7. The molecule has 0 spiro atoms.